The average molecular weight is 360 g/mol. The predicted octanol–water partition coefficient (Wildman–Crippen LogP) is 3.32. The third-order valence-electron chi connectivity index (χ3n) is 5.27. The predicted molar refractivity (Wildman–Crippen MR) is 107 cm³/mol. The number of aryl methyl sites for hydroxylation is 1. The molecule has 0 radical (unpaired) electrons. The highest BCUT2D eigenvalue weighted by atomic mass is 16.1. The van der Waals surface area contributed by atoms with E-state index in [1.54, 1.807) is 0 Å². The monoisotopic (exact) mass is 360 g/mol. The van der Waals surface area contributed by atoms with Crippen molar-refractivity contribution in [1.29, 1.82) is 0 Å². The Morgan fingerprint density at radius 3 is 2.74 bits per heavy atom. The number of amides is 1. The number of hydrogen-bond donors (Lipinski definition) is 2. The molecule has 1 aliphatic rings. The van der Waals surface area contributed by atoms with Crippen LogP contribution in [0.3, 0.4) is 0 Å². The summed E-state index contributed by atoms with van der Waals surface area (Å²) in [4.78, 5) is 16.9. The highest BCUT2D eigenvalue weighted by Gasteiger charge is 2.14. The second-order valence-corrected chi connectivity index (χ2v) is 7.04. The molecule has 4 rings (SSSR count). The normalized spacial score (nSPS) is 13.3. The SMILES string of the molecule is Cc1ncn(-c2ccc(NC(=O)Cc3cccc4c3CCNC4)cc2)c1C. The second-order valence-electron chi connectivity index (χ2n) is 7.04. The van der Waals surface area contributed by atoms with Gasteiger partial charge in [0.15, 0.2) is 0 Å². The molecule has 3 aromatic rings. The summed E-state index contributed by atoms with van der Waals surface area (Å²) in [6, 6.07) is 14.1. The maximum absolute atomic E-state index is 12.5. The molecule has 1 aliphatic heterocycles. The summed E-state index contributed by atoms with van der Waals surface area (Å²) in [7, 11) is 0. The molecule has 2 heterocycles. The van der Waals surface area contributed by atoms with Gasteiger partial charge < -0.3 is 15.2 Å². The molecular formula is C22H24N4O. The first-order valence-electron chi connectivity index (χ1n) is 9.33. The van der Waals surface area contributed by atoms with Gasteiger partial charge in [-0.15, -0.1) is 0 Å². The Morgan fingerprint density at radius 1 is 1.19 bits per heavy atom. The van der Waals surface area contributed by atoms with Crippen molar-refractivity contribution < 1.29 is 4.79 Å². The molecule has 5 nitrogen and oxygen atoms in total. The number of imidazole rings is 1. The van der Waals surface area contributed by atoms with Gasteiger partial charge in [0.25, 0.3) is 0 Å². The zero-order chi connectivity index (χ0) is 18.8. The molecule has 27 heavy (non-hydrogen) atoms. The Hall–Kier alpha value is -2.92. The van der Waals surface area contributed by atoms with E-state index in [4.69, 9.17) is 0 Å². The van der Waals surface area contributed by atoms with Crippen molar-refractivity contribution >= 4 is 11.6 Å². The Labute approximate surface area is 159 Å². The summed E-state index contributed by atoms with van der Waals surface area (Å²) in [5.41, 5.74) is 7.76. The van der Waals surface area contributed by atoms with Gasteiger partial charge in [-0.1, -0.05) is 18.2 Å². The molecule has 1 aromatic heterocycles. The number of fused-ring (bicyclic) bond motifs is 1. The zero-order valence-electron chi connectivity index (χ0n) is 15.7. The first-order chi connectivity index (χ1) is 13.1. The van der Waals surface area contributed by atoms with Crippen LogP contribution in [0.15, 0.2) is 48.8 Å². The number of benzene rings is 2. The molecule has 1 amide bonds. The summed E-state index contributed by atoms with van der Waals surface area (Å²) in [5, 5.41) is 6.39. The first-order valence-corrected chi connectivity index (χ1v) is 9.33. The highest BCUT2D eigenvalue weighted by Crippen LogP contribution is 2.20. The van der Waals surface area contributed by atoms with E-state index in [9.17, 15) is 4.79 Å². The molecule has 0 atom stereocenters. The number of carbonyl (C=O) groups is 1. The summed E-state index contributed by atoms with van der Waals surface area (Å²) in [6.07, 6.45) is 3.22. The minimum Gasteiger partial charge on any atom is -0.326 e. The summed E-state index contributed by atoms with van der Waals surface area (Å²) < 4.78 is 2.05. The van der Waals surface area contributed by atoms with E-state index < -0.39 is 0 Å². The van der Waals surface area contributed by atoms with Crippen LogP contribution in [0.1, 0.15) is 28.1 Å². The zero-order valence-corrected chi connectivity index (χ0v) is 15.7. The molecule has 0 fully saturated rings. The Bertz CT molecular complexity index is 972. The molecule has 138 valence electrons. The number of anilines is 1. The third kappa shape index (κ3) is 3.64. The number of hydrogen-bond acceptors (Lipinski definition) is 3. The quantitative estimate of drug-likeness (QED) is 0.750. The van der Waals surface area contributed by atoms with Crippen LogP contribution in [-0.4, -0.2) is 22.0 Å². The molecule has 0 unspecified atom stereocenters. The fourth-order valence-electron chi connectivity index (χ4n) is 3.62. The lowest BCUT2D eigenvalue weighted by atomic mass is 9.93. The summed E-state index contributed by atoms with van der Waals surface area (Å²) >= 11 is 0. The molecular weight excluding hydrogens is 336 g/mol. The highest BCUT2D eigenvalue weighted by molar-refractivity contribution is 5.92. The molecule has 0 spiro atoms. The van der Waals surface area contributed by atoms with Crippen molar-refractivity contribution in [2.45, 2.75) is 33.2 Å². The molecule has 5 heteroatoms. The maximum atomic E-state index is 12.5. The van der Waals surface area contributed by atoms with Gasteiger partial charge in [-0.3, -0.25) is 4.79 Å². The van der Waals surface area contributed by atoms with Gasteiger partial charge in [0.2, 0.25) is 5.91 Å². The molecule has 0 bridgehead atoms. The van der Waals surface area contributed by atoms with Gasteiger partial charge in [-0.05, 0) is 67.8 Å². The standard InChI is InChI=1S/C22H24N4O/c1-15-16(2)26(14-24-15)20-8-6-19(7-9-20)25-22(27)12-17-4-3-5-18-13-23-11-10-21(17)18/h3-9,14,23H,10-13H2,1-2H3,(H,25,27). The molecule has 2 N–H and O–H groups in total. The number of rotatable bonds is 4. The van der Waals surface area contributed by atoms with Gasteiger partial charge in [0.1, 0.15) is 0 Å². The fourth-order valence-corrected chi connectivity index (χ4v) is 3.62. The largest absolute Gasteiger partial charge is 0.326 e. The van der Waals surface area contributed by atoms with E-state index in [1.165, 1.54) is 11.1 Å². The van der Waals surface area contributed by atoms with Crippen molar-refractivity contribution in [1.82, 2.24) is 14.9 Å². The maximum Gasteiger partial charge on any atom is 0.228 e. The van der Waals surface area contributed by atoms with E-state index in [0.717, 1.165) is 47.8 Å². The van der Waals surface area contributed by atoms with Crippen LogP contribution in [0.2, 0.25) is 0 Å². The third-order valence-corrected chi connectivity index (χ3v) is 5.27. The topological polar surface area (TPSA) is 59.0 Å². The Morgan fingerprint density at radius 2 is 2.00 bits per heavy atom. The minimum absolute atomic E-state index is 0.0179. The minimum atomic E-state index is 0.0179. The van der Waals surface area contributed by atoms with E-state index >= 15 is 0 Å². The van der Waals surface area contributed by atoms with Crippen LogP contribution >= 0.6 is 0 Å². The Balaban J connectivity index is 1.45. The van der Waals surface area contributed by atoms with Gasteiger partial charge >= 0.3 is 0 Å². The smallest absolute Gasteiger partial charge is 0.228 e. The second kappa shape index (κ2) is 7.37. The fraction of sp³-hybridized carbons (Fsp3) is 0.273. The Kier molecular flexibility index (Phi) is 4.77. The molecule has 2 aromatic carbocycles. The first kappa shape index (κ1) is 17.5. The summed E-state index contributed by atoms with van der Waals surface area (Å²) in [5.74, 6) is 0.0179. The van der Waals surface area contributed by atoms with Crippen LogP contribution in [0, 0.1) is 13.8 Å². The number of nitrogens with zero attached hydrogens (tertiary/aromatic N) is 2. The van der Waals surface area contributed by atoms with E-state index in [2.05, 4.69) is 27.8 Å². The van der Waals surface area contributed by atoms with Crippen LogP contribution in [0.5, 0.6) is 0 Å². The lowest BCUT2D eigenvalue weighted by molar-refractivity contribution is -0.115. The van der Waals surface area contributed by atoms with Gasteiger partial charge in [-0.25, -0.2) is 4.98 Å². The van der Waals surface area contributed by atoms with Crippen LogP contribution in [0.4, 0.5) is 5.69 Å². The number of aromatic nitrogens is 2. The van der Waals surface area contributed by atoms with Gasteiger partial charge in [-0.2, -0.15) is 0 Å². The van der Waals surface area contributed by atoms with Crippen molar-refractivity contribution in [2.24, 2.45) is 0 Å². The van der Waals surface area contributed by atoms with Crippen LogP contribution in [0.25, 0.3) is 5.69 Å². The van der Waals surface area contributed by atoms with E-state index in [-0.39, 0.29) is 5.91 Å². The summed E-state index contributed by atoms with van der Waals surface area (Å²) in [6.45, 7) is 5.91. The van der Waals surface area contributed by atoms with Crippen molar-refractivity contribution in [3.63, 3.8) is 0 Å². The van der Waals surface area contributed by atoms with Crippen molar-refractivity contribution in [3.8, 4) is 5.69 Å². The molecule has 0 aliphatic carbocycles. The van der Waals surface area contributed by atoms with Crippen molar-refractivity contribution in [3.05, 3.63) is 76.9 Å². The van der Waals surface area contributed by atoms with Crippen LogP contribution in [-0.2, 0) is 24.2 Å². The van der Waals surface area contributed by atoms with Gasteiger partial charge in [0, 0.05) is 23.6 Å². The lowest BCUT2D eigenvalue weighted by Crippen LogP contribution is -2.25. The average Bonchev–Trinajstić information content (AvgIpc) is 3.01. The lowest BCUT2D eigenvalue weighted by Gasteiger charge is -2.20. The molecule has 0 saturated heterocycles. The van der Waals surface area contributed by atoms with E-state index in [1.807, 2.05) is 55.1 Å². The number of carbonyl (C=O) groups excluding carboxylic acids is 1. The molecule has 0 saturated carbocycles. The van der Waals surface area contributed by atoms with Crippen molar-refractivity contribution in [2.75, 3.05) is 11.9 Å². The van der Waals surface area contributed by atoms with Gasteiger partial charge in [0.05, 0.1) is 18.4 Å². The van der Waals surface area contributed by atoms with Crippen LogP contribution < -0.4 is 10.6 Å². The number of nitrogens with one attached hydrogen (secondary N) is 2. The van der Waals surface area contributed by atoms with E-state index in [0.29, 0.717) is 6.42 Å².